The minimum absolute atomic E-state index is 0.218. The third-order valence-corrected chi connectivity index (χ3v) is 1.60. The molecule has 74 valence electrons. The highest BCUT2D eigenvalue weighted by Crippen LogP contribution is 2.16. The fourth-order valence-electron chi connectivity index (χ4n) is 0.890. The highest BCUT2D eigenvalue weighted by Gasteiger charge is 2.15. The molecule has 1 N–H and O–H groups in total. The highest BCUT2D eigenvalue weighted by atomic mass is 16.5. The Balaban J connectivity index is 2.39. The molecule has 0 fully saturated rings. The number of hydrogen-bond acceptors (Lipinski definition) is 3. The van der Waals surface area contributed by atoms with Gasteiger partial charge in [-0.3, -0.25) is 0 Å². The molecule has 0 saturated carbocycles. The summed E-state index contributed by atoms with van der Waals surface area (Å²) in [5, 5.41) is 9.59. The van der Waals surface area contributed by atoms with E-state index < -0.39 is 6.10 Å². The maximum Gasteiger partial charge on any atom is 0.105 e. The summed E-state index contributed by atoms with van der Waals surface area (Å²) in [4.78, 5) is 0. The molecule has 0 aliphatic rings. The molecule has 13 heavy (non-hydrogen) atoms. The van der Waals surface area contributed by atoms with Gasteiger partial charge in [-0.2, -0.15) is 0 Å². The van der Waals surface area contributed by atoms with Gasteiger partial charge in [0, 0.05) is 5.56 Å². The Morgan fingerprint density at radius 1 is 1.54 bits per heavy atom. The van der Waals surface area contributed by atoms with E-state index in [9.17, 15) is 5.11 Å². The molecule has 0 saturated heterocycles. The van der Waals surface area contributed by atoms with Gasteiger partial charge in [-0.1, -0.05) is 0 Å². The average Bonchev–Trinajstić information content (AvgIpc) is 2.50. The predicted octanol–water partition coefficient (Wildman–Crippen LogP) is 2.13. The number of aliphatic hydroxyl groups is 1. The summed E-state index contributed by atoms with van der Waals surface area (Å²) in [6.45, 7) is 6.16. The fourth-order valence-corrected chi connectivity index (χ4v) is 0.890. The van der Waals surface area contributed by atoms with Crippen molar-refractivity contribution in [3.05, 3.63) is 24.2 Å². The number of aliphatic hydroxyl groups excluding tert-OH is 1. The zero-order valence-electron chi connectivity index (χ0n) is 8.28. The van der Waals surface area contributed by atoms with E-state index >= 15 is 0 Å². The first kappa shape index (κ1) is 10.3. The average molecular weight is 184 g/mol. The SMILES string of the molecule is CC(C)(C)OCC(O)c1ccoc1. The second-order valence-electron chi connectivity index (χ2n) is 4.00. The van der Waals surface area contributed by atoms with Crippen LogP contribution < -0.4 is 0 Å². The van der Waals surface area contributed by atoms with Crippen molar-refractivity contribution in [1.82, 2.24) is 0 Å². The maximum atomic E-state index is 9.59. The molecule has 3 heteroatoms. The van der Waals surface area contributed by atoms with Crippen LogP contribution >= 0.6 is 0 Å². The molecule has 1 atom stereocenters. The van der Waals surface area contributed by atoms with E-state index in [2.05, 4.69) is 0 Å². The molecule has 0 aliphatic heterocycles. The lowest BCUT2D eigenvalue weighted by Crippen LogP contribution is -2.22. The molecule has 0 spiro atoms. The van der Waals surface area contributed by atoms with Crippen LogP contribution in [0.5, 0.6) is 0 Å². The monoisotopic (exact) mass is 184 g/mol. The van der Waals surface area contributed by atoms with Crippen molar-refractivity contribution in [2.75, 3.05) is 6.61 Å². The van der Waals surface area contributed by atoms with Crippen LogP contribution in [0.2, 0.25) is 0 Å². The first-order chi connectivity index (χ1) is 5.99. The van der Waals surface area contributed by atoms with Crippen LogP contribution in [-0.2, 0) is 4.74 Å². The van der Waals surface area contributed by atoms with Gasteiger partial charge >= 0.3 is 0 Å². The topological polar surface area (TPSA) is 42.6 Å². The third kappa shape index (κ3) is 3.61. The minimum Gasteiger partial charge on any atom is -0.472 e. The van der Waals surface area contributed by atoms with Crippen LogP contribution in [0.1, 0.15) is 32.4 Å². The number of furan rings is 1. The summed E-state index contributed by atoms with van der Waals surface area (Å²) in [6.07, 6.45) is 2.46. The van der Waals surface area contributed by atoms with Gasteiger partial charge in [0.2, 0.25) is 0 Å². The Kier molecular flexibility index (Phi) is 3.12. The van der Waals surface area contributed by atoms with Gasteiger partial charge in [0.1, 0.15) is 6.10 Å². The van der Waals surface area contributed by atoms with Crippen LogP contribution in [0.3, 0.4) is 0 Å². The van der Waals surface area contributed by atoms with Gasteiger partial charge in [0.05, 0.1) is 24.7 Å². The Labute approximate surface area is 78.3 Å². The normalized spacial score (nSPS) is 14.5. The molecule has 1 rings (SSSR count). The highest BCUT2D eigenvalue weighted by molar-refractivity contribution is 5.08. The molecule has 1 aromatic heterocycles. The van der Waals surface area contributed by atoms with Gasteiger partial charge in [0.15, 0.2) is 0 Å². The van der Waals surface area contributed by atoms with E-state index in [4.69, 9.17) is 9.15 Å². The lowest BCUT2D eigenvalue weighted by molar-refractivity contribution is -0.0497. The molecule has 0 bridgehead atoms. The molecule has 0 aliphatic carbocycles. The first-order valence-electron chi connectivity index (χ1n) is 4.33. The number of ether oxygens (including phenoxy) is 1. The zero-order valence-corrected chi connectivity index (χ0v) is 8.28. The van der Waals surface area contributed by atoms with Gasteiger partial charge in [-0.15, -0.1) is 0 Å². The van der Waals surface area contributed by atoms with E-state index in [1.54, 1.807) is 6.07 Å². The van der Waals surface area contributed by atoms with Crippen molar-refractivity contribution < 1.29 is 14.3 Å². The summed E-state index contributed by atoms with van der Waals surface area (Å²) in [6, 6.07) is 1.73. The van der Waals surface area contributed by atoms with Crippen molar-refractivity contribution in [2.24, 2.45) is 0 Å². The van der Waals surface area contributed by atoms with Gasteiger partial charge in [-0.05, 0) is 26.8 Å². The third-order valence-electron chi connectivity index (χ3n) is 1.60. The Morgan fingerprint density at radius 2 is 2.23 bits per heavy atom. The van der Waals surface area contributed by atoms with Crippen molar-refractivity contribution in [3.8, 4) is 0 Å². The summed E-state index contributed by atoms with van der Waals surface area (Å²) in [5.74, 6) is 0. The Hall–Kier alpha value is -0.800. The lowest BCUT2D eigenvalue weighted by Gasteiger charge is -2.21. The zero-order chi connectivity index (χ0) is 9.90. The van der Waals surface area contributed by atoms with Gasteiger partial charge in [-0.25, -0.2) is 0 Å². The largest absolute Gasteiger partial charge is 0.472 e. The summed E-state index contributed by atoms with van der Waals surface area (Å²) >= 11 is 0. The Morgan fingerprint density at radius 3 is 2.69 bits per heavy atom. The standard InChI is InChI=1S/C10H16O3/c1-10(2,3)13-7-9(11)8-4-5-12-6-8/h4-6,9,11H,7H2,1-3H3. The van der Waals surface area contributed by atoms with E-state index in [1.807, 2.05) is 20.8 Å². The van der Waals surface area contributed by atoms with Gasteiger partial charge < -0.3 is 14.3 Å². The van der Waals surface area contributed by atoms with E-state index in [0.717, 1.165) is 5.56 Å². The fraction of sp³-hybridized carbons (Fsp3) is 0.600. The maximum absolute atomic E-state index is 9.59. The molecule has 0 amide bonds. The van der Waals surface area contributed by atoms with Crippen molar-refractivity contribution >= 4 is 0 Å². The Bertz CT molecular complexity index is 233. The summed E-state index contributed by atoms with van der Waals surface area (Å²) in [5.41, 5.74) is 0.536. The van der Waals surface area contributed by atoms with Crippen LogP contribution in [0.15, 0.2) is 23.0 Å². The molecular formula is C10H16O3. The molecule has 1 unspecified atom stereocenters. The quantitative estimate of drug-likeness (QED) is 0.782. The predicted molar refractivity (Wildman–Crippen MR) is 49.4 cm³/mol. The second kappa shape index (κ2) is 3.94. The van der Waals surface area contributed by atoms with Crippen LogP contribution in [-0.4, -0.2) is 17.3 Å². The summed E-state index contributed by atoms with van der Waals surface area (Å²) in [7, 11) is 0. The van der Waals surface area contributed by atoms with E-state index in [1.165, 1.54) is 12.5 Å². The molecule has 0 radical (unpaired) electrons. The van der Waals surface area contributed by atoms with E-state index in [0.29, 0.717) is 6.61 Å². The molecular weight excluding hydrogens is 168 g/mol. The summed E-state index contributed by atoms with van der Waals surface area (Å²) < 4.78 is 10.3. The first-order valence-corrected chi connectivity index (χ1v) is 4.33. The second-order valence-corrected chi connectivity index (χ2v) is 4.00. The van der Waals surface area contributed by atoms with Crippen molar-refractivity contribution in [2.45, 2.75) is 32.5 Å². The van der Waals surface area contributed by atoms with Crippen LogP contribution in [0.25, 0.3) is 0 Å². The van der Waals surface area contributed by atoms with E-state index in [-0.39, 0.29) is 5.60 Å². The molecule has 3 nitrogen and oxygen atoms in total. The minimum atomic E-state index is -0.599. The van der Waals surface area contributed by atoms with Crippen molar-refractivity contribution in [1.29, 1.82) is 0 Å². The molecule has 1 aromatic rings. The van der Waals surface area contributed by atoms with Gasteiger partial charge in [0.25, 0.3) is 0 Å². The van der Waals surface area contributed by atoms with Crippen LogP contribution in [0, 0.1) is 0 Å². The number of rotatable bonds is 3. The smallest absolute Gasteiger partial charge is 0.105 e. The molecule has 0 aromatic carbocycles. The lowest BCUT2D eigenvalue weighted by atomic mass is 10.1. The molecule has 1 heterocycles. The van der Waals surface area contributed by atoms with Crippen LogP contribution in [0.4, 0.5) is 0 Å². The number of hydrogen-bond donors (Lipinski definition) is 1. The van der Waals surface area contributed by atoms with Crippen molar-refractivity contribution in [3.63, 3.8) is 0 Å².